The third kappa shape index (κ3) is 4.13. The van der Waals surface area contributed by atoms with E-state index in [1.165, 1.54) is 0 Å². The van der Waals surface area contributed by atoms with Crippen molar-refractivity contribution in [2.24, 2.45) is 0 Å². The molecule has 0 aliphatic carbocycles. The van der Waals surface area contributed by atoms with Crippen molar-refractivity contribution in [3.8, 4) is 5.75 Å². The van der Waals surface area contributed by atoms with Crippen LogP contribution in [0, 0.1) is 0 Å². The smallest absolute Gasteiger partial charge is 0.261 e. The summed E-state index contributed by atoms with van der Waals surface area (Å²) in [7, 11) is 1.75. The van der Waals surface area contributed by atoms with Crippen molar-refractivity contribution in [1.29, 1.82) is 0 Å². The number of nitrogens with one attached hydrogen (secondary N) is 1. The molecule has 1 N–H and O–H groups in total. The van der Waals surface area contributed by atoms with Crippen molar-refractivity contribution in [2.75, 3.05) is 13.6 Å². The molecule has 120 valence electrons. The SMILES string of the molecule is CC[C@H](Oc1ccccc1Cl)C(=O)N[C@@H]1CCC(=O)N(C)C1. The second kappa shape index (κ2) is 7.49. The highest BCUT2D eigenvalue weighted by Crippen LogP contribution is 2.25. The van der Waals surface area contributed by atoms with Crippen molar-refractivity contribution in [2.45, 2.75) is 38.3 Å². The van der Waals surface area contributed by atoms with Gasteiger partial charge < -0.3 is 15.0 Å². The summed E-state index contributed by atoms with van der Waals surface area (Å²) >= 11 is 6.06. The lowest BCUT2D eigenvalue weighted by atomic mass is 10.1. The van der Waals surface area contributed by atoms with Crippen LogP contribution >= 0.6 is 11.6 Å². The van der Waals surface area contributed by atoms with Crippen LogP contribution in [0.4, 0.5) is 0 Å². The lowest BCUT2D eigenvalue weighted by Crippen LogP contribution is -2.51. The fourth-order valence-electron chi connectivity index (χ4n) is 2.44. The van der Waals surface area contributed by atoms with Gasteiger partial charge in [0.25, 0.3) is 5.91 Å². The number of likely N-dealkylation sites (N-methyl/N-ethyl adjacent to an activating group) is 1. The molecule has 0 saturated carbocycles. The summed E-state index contributed by atoms with van der Waals surface area (Å²) in [4.78, 5) is 25.5. The van der Waals surface area contributed by atoms with E-state index in [9.17, 15) is 9.59 Å². The minimum absolute atomic E-state index is 0.0286. The zero-order chi connectivity index (χ0) is 16.1. The van der Waals surface area contributed by atoms with E-state index < -0.39 is 6.10 Å². The Hall–Kier alpha value is -1.75. The molecule has 0 radical (unpaired) electrons. The van der Waals surface area contributed by atoms with E-state index >= 15 is 0 Å². The number of likely N-dealkylation sites (tertiary alicyclic amines) is 1. The number of rotatable bonds is 5. The van der Waals surface area contributed by atoms with Gasteiger partial charge in [-0.25, -0.2) is 0 Å². The van der Waals surface area contributed by atoms with Crippen molar-refractivity contribution in [3.05, 3.63) is 29.3 Å². The molecule has 5 nitrogen and oxygen atoms in total. The van der Waals surface area contributed by atoms with Crippen LogP contribution in [0.3, 0.4) is 0 Å². The maximum atomic E-state index is 12.4. The number of piperidine rings is 1. The summed E-state index contributed by atoms with van der Waals surface area (Å²) < 4.78 is 5.72. The molecule has 1 aliphatic heterocycles. The molecule has 2 rings (SSSR count). The fourth-order valence-corrected chi connectivity index (χ4v) is 2.62. The van der Waals surface area contributed by atoms with Crippen LogP contribution < -0.4 is 10.1 Å². The maximum absolute atomic E-state index is 12.4. The van der Waals surface area contributed by atoms with E-state index in [1.54, 1.807) is 24.1 Å². The Kier molecular flexibility index (Phi) is 5.66. The first kappa shape index (κ1) is 16.6. The molecule has 6 heteroatoms. The van der Waals surface area contributed by atoms with Crippen LogP contribution in [-0.4, -0.2) is 42.5 Å². The van der Waals surface area contributed by atoms with E-state index in [0.717, 1.165) is 0 Å². The molecule has 2 amide bonds. The summed E-state index contributed by atoms with van der Waals surface area (Å²) in [6.07, 6.45) is 1.07. The second-order valence-corrected chi connectivity index (χ2v) is 5.87. The summed E-state index contributed by atoms with van der Waals surface area (Å²) in [5.41, 5.74) is 0. The number of carbonyl (C=O) groups excluding carboxylic acids is 2. The Labute approximate surface area is 135 Å². The first-order valence-electron chi connectivity index (χ1n) is 7.46. The number of nitrogens with zero attached hydrogens (tertiary/aromatic N) is 1. The molecule has 2 atom stereocenters. The highest BCUT2D eigenvalue weighted by molar-refractivity contribution is 6.32. The number of halogens is 1. The molecule has 0 unspecified atom stereocenters. The maximum Gasteiger partial charge on any atom is 0.261 e. The van der Waals surface area contributed by atoms with Crippen molar-refractivity contribution < 1.29 is 14.3 Å². The van der Waals surface area contributed by atoms with Crippen LogP contribution in [-0.2, 0) is 9.59 Å². The molecule has 1 fully saturated rings. The van der Waals surface area contributed by atoms with E-state index in [4.69, 9.17) is 16.3 Å². The zero-order valence-corrected chi connectivity index (χ0v) is 13.6. The monoisotopic (exact) mass is 324 g/mol. The number of hydrogen-bond acceptors (Lipinski definition) is 3. The third-order valence-electron chi connectivity index (χ3n) is 3.74. The minimum Gasteiger partial charge on any atom is -0.479 e. The van der Waals surface area contributed by atoms with Gasteiger partial charge in [-0.1, -0.05) is 30.7 Å². The number of para-hydroxylation sites is 1. The number of ether oxygens (including phenoxy) is 1. The predicted octanol–water partition coefficient (Wildman–Crippen LogP) is 2.23. The number of hydrogen-bond donors (Lipinski definition) is 1. The number of carbonyl (C=O) groups is 2. The lowest BCUT2D eigenvalue weighted by molar-refractivity contribution is -0.135. The van der Waals surface area contributed by atoms with Crippen LogP contribution in [0.5, 0.6) is 5.75 Å². The van der Waals surface area contributed by atoms with Crippen molar-refractivity contribution in [1.82, 2.24) is 10.2 Å². The van der Waals surface area contributed by atoms with Gasteiger partial charge in [-0.05, 0) is 25.0 Å². The van der Waals surface area contributed by atoms with Gasteiger partial charge in [0.15, 0.2) is 6.10 Å². The van der Waals surface area contributed by atoms with E-state index in [1.807, 2.05) is 19.1 Å². The second-order valence-electron chi connectivity index (χ2n) is 5.46. The molecule has 0 spiro atoms. The van der Waals surface area contributed by atoms with Gasteiger partial charge in [0.05, 0.1) is 5.02 Å². The highest BCUT2D eigenvalue weighted by Gasteiger charge is 2.27. The first-order chi connectivity index (χ1) is 10.5. The zero-order valence-electron chi connectivity index (χ0n) is 12.8. The van der Waals surface area contributed by atoms with Gasteiger partial charge in [-0.3, -0.25) is 9.59 Å². The summed E-state index contributed by atoms with van der Waals surface area (Å²) in [5, 5.41) is 3.44. The van der Waals surface area contributed by atoms with E-state index in [-0.39, 0.29) is 17.9 Å². The van der Waals surface area contributed by atoms with E-state index in [0.29, 0.717) is 36.6 Å². The van der Waals surface area contributed by atoms with Crippen molar-refractivity contribution >= 4 is 23.4 Å². The molecule has 22 heavy (non-hydrogen) atoms. The van der Waals surface area contributed by atoms with Gasteiger partial charge in [0, 0.05) is 26.1 Å². The molecule has 1 saturated heterocycles. The summed E-state index contributed by atoms with van der Waals surface area (Å²) in [6.45, 7) is 2.42. The molecule has 1 aliphatic rings. The van der Waals surface area contributed by atoms with E-state index in [2.05, 4.69) is 5.32 Å². The standard InChI is InChI=1S/C16H21ClN2O3/c1-3-13(22-14-7-5-4-6-12(14)17)16(21)18-11-8-9-15(20)19(2)10-11/h4-7,11,13H,3,8-10H2,1-2H3,(H,18,21)/t11-,13+/m1/s1. The number of amides is 2. The molecule has 1 aromatic rings. The fraction of sp³-hybridized carbons (Fsp3) is 0.500. The molecular weight excluding hydrogens is 304 g/mol. The molecule has 1 heterocycles. The van der Waals surface area contributed by atoms with Gasteiger partial charge >= 0.3 is 0 Å². The average Bonchev–Trinajstić information content (AvgIpc) is 2.50. The Morgan fingerprint density at radius 2 is 2.23 bits per heavy atom. The largest absolute Gasteiger partial charge is 0.479 e. The predicted molar refractivity (Wildman–Crippen MR) is 85.0 cm³/mol. The highest BCUT2D eigenvalue weighted by atomic mass is 35.5. The average molecular weight is 325 g/mol. The third-order valence-corrected chi connectivity index (χ3v) is 4.05. The Bertz CT molecular complexity index is 550. The first-order valence-corrected chi connectivity index (χ1v) is 7.84. The van der Waals surface area contributed by atoms with Crippen LogP contribution in [0.25, 0.3) is 0 Å². The Morgan fingerprint density at radius 1 is 1.50 bits per heavy atom. The lowest BCUT2D eigenvalue weighted by Gasteiger charge is -2.31. The molecular formula is C16H21ClN2O3. The van der Waals surface area contributed by atoms with Gasteiger partial charge in [0.1, 0.15) is 5.75 Å². The van der Waals surface area contributed by atoms with Gasteiger partial charge in [-0.2, -0.15) is 0 Å². The Balaban J connectivity index is 1.95. The van der Waals surface area contributed by atoms with Crippen LogP contribution in [0.15, 0.2) is 24.3 Å². The molecule has 1 aromatic carbocycles. The molecule has 0 bridgehead atoms. The summed E-state index contributed by atoms with van der Waals surface area (Å²) in [5.74, 6) is 0.446. The topological polar surface area (TPSA) is 58.6 Å². The normalized spacial score (nSPS) is 19.7. The van der Waals surface area contributed by atoms with Gasteiger partial charge in [0.2, 0.25) is 5.91 Å². The van der Waals surface area contributed by atoms with Gasteiger partial charge in [-0.15, -0.1) is 0 Å². The quantitative estimate of drug-likeness (QED) is 0.903. The summed E-state index contributed by atoms with van der Waals surface area (Å²) in [6, 6.07) is 7.06. The van der Waals surface area contributed by atoms with Crippen LogP contribution in [0.1, 0.15) is 26.2 Å². The molecule has 0 aromatic heterocycles. The Morgan fingerprint density at radius 3 is 2.86 bits per heavy atom. The van der Waals surface area contributed by atoms with Crippen molar-refractivity contribution in [3.63, 3.8) is 0 Å². The minimum atomic E-state index is -0.595. The number of benzene rings is 1. The van der Waals surface area contributed by atoms with Crippen LogP contribution in [0.2, 0.25) is 5.02 Å².